The van der Waals surface area contributed by atoms with Gasteiger partial charge in [-0.15, -0.1) is 0 Å². The van der Waals surface area contributed by atoms with Crippen molar-refractivity contribution >= 4 is 5.78 Å². The molecule has 0 bridgehead atoms. The third-order valence-electron chi connectivity index (χ3n) is 1.79. The van der Waals surface area contributed by atoms with E-state index < -0.39 is 11.6 Å². The Kier molecular flexibility index (Phi) is 3.12. The number of hydrogen-bond acceptors (Lipinski definition) is 1. The van der Waals surface area contributed by atoms with Crippen molar-refractivity contribution in [3.8, 4) is 0 Å². The van der Waals surface area contributed by atoms with Crippen LogP contribution in [0.1, 0.15) is 18.9 Å². The minimum absolute atomic E-state index is 0.0277. The second-order valence-corrected chi connectivity index (χ2v) is 2.80. The highest BCUT2D eigenvalue weighted by molar-refractivity contribution is 5.80. The van der Waals surface area contributed by atoms with Crippen LogP contribution in [0.4, 0.5) is 8.78 Å². The monoisotopic (exact) mass is 184 g/mol. The molecule has 1 rings (SSSR count). The lowest BCUT2D eigenvalue weighted by Gasteiger charge is -2.00. The van der Waals surface area contributed by atoms with E-state index in [2.05, 4.69) is 0 Å². The van der Waals surface area contributed by atoms with Crippen LogP contribution in [-0.2, 0) is 11.2 Å². The summed E-state index contributed by atoms with van der Waals surface area (Å²) in [5, 5.41) is 0. The molecule has 13 heavy (non-hydrogen) atoms. The highest BCUT2D eigenvalue weighted by atomic mass is 19.1. The molecule has 3 heteroatoms. The van der Waals surface area contributed by atoms with Crippen LogP contribution in [0.25, 0.3) is 0 Å². The molecule has 0 N–H and O–H groups in total. The zero-order valence-electron chi connectivity index (χ0n) is 7.31. The Morgan fingerprint density at radius 3 is 2.69 bits per heavy atom. The number of Topliss-reactive ketones (excluding diaryl/α,β-unsaturated/α-hetero) is 1. The van der Waals surface area contributed by atoms with Crippen molar-refractivity contribution in [1.29, 1.82) is 0 Å². The van der Waals surface area contributed by atoms with E-state index in [1.54, 1.807) is 6.92 Å². The van der Waals surface area contributed by atoms with E-state index in [1.165, 1.54) is 0 Å². The summed E-state index contributed by atoms with van der Waals surface area (Å²) in [5.74, 6) is -1.13. The molecule has 70 valence electrons. The summed E-state index contributed by atoms with van der Waals surface area (Å²) in [4.78, 5) is 11.0. The van der Waals surface area contributed by atoms with E-state index in [9.17, 15) is 13.6 Å². The first-order valence-electron chi connectivity index (χ1n) is 4.09. The maximum Gasteiger partial charge on any atom is 0.137 e. The van der Waals surface area contributed by atoms with Gasteiger partial charge in [-0.25, -0.2) is 8.78 Å². The van der Waals surface area contributed by atoms with Crippen molar-refractivity contribution in [3.05, 3.63) is 35.4 Å². The van der Waals surface area contributed by atoms with Gasteiger partial charge in [-0.1, -0.05) is 6.92 Å². The van der Waals surface area contributed by atoms with Crippen molar-refractivity contribution < 1.29 is 13.6 Å². The molecule has 0 aliphatic heterocycles. The van der Waals surface area contributed by atoms with Crippen molar-refractivity contribution in [2.24, 2.45) is 0 Å². The molecule has 0 aliphatic carbocycles. The molecule has 1 nitrogen and oxygen atoms in total. The predicted octanol–water partition coefficient (Wildman–Crippen LogP) is 2.49. The third kappa shape index (κ3) is 2.61. The van der Waals surface area contributed by atoms with Crippen molar-refractivity contribution in [1.82, 2.24) is 0 Å². The zero-order chi connectivity index (χ0) is 9.84. The normalized spacial score (nSPS) is 10.1. The molecule has 0 saturated heterocycles. The first kappa shape index (κ1) is 9.84. The first-order chi connectivity index (χ1) is 6.13. The van der Waals surface area contributed by atoms with Crippen LogP contribution in [0.3, 0.4) is 0 Å². The number of ketones is 1. The Labute approximate surface area is 75.4 Å². The Balaban J connectivity index is 2.87. The van der Waals surface area contributed by atoms with Gasteiger partial charge in [0.2, 0.25) is 0 Å². The van der Waals surface area contributed by atoms with Gasteiger partial charge in [0, 0.05) is 12.8 Å². The number of halogens is 2. The molecule has 0 radical (unpaired) electrons. The van der Waals surface area contributed by atoms with Gasteiger partial charge in [0.1, 0.15) is 17.4 Å². The standard InChI is InChI=1S/C10H10F2O/c1-2-9(13)6-7-5-8(11)3-4-10(7)12/h3-5H,2,6H2,1H3. The van der Waals surface area contributed by atoms with Crippen LogP contribution in [0.15, 0.2) is 18.2 Å². The summed E-state index contributed by atoms with van der Waals surface area (Å²) in [6.07, 6.45) is 0.316. The molecular weight excluding hydrogens is 174 g/mol. The predicted molar refractivity (Wildman–Crippen MR) is 45.4 cm³/mol. The van der Waals surface area contributed by atoms with Crippen molar-refractivity contribution in [3.63, 3.8) is 0 Å². The lowest BCUT2D eigenvalue weighted by atomic mass is 10.1. The van der Waals surface area contributed by atoms with Crippen LogP contribution in [0.2, 0.25) is 0 Å². The molecular formula is C10H10F2O. The Morgan fingerprint density at radius 1 is 1.38 bits per heavy atom. The molecule has 0 aromatic heterocycles. The smallest absolute Gasteiger partial charge is 0.137 e. The fourth-order valence-electron chi connectivity index (χ4n) is 1.02. The summed E-state index contributed by atoms with van der Waals surface area (Å²) in [6.45, 7) is 1.69. The SMILES string of the molecule is CCC(=O)Cc1cc(F)ccc1F. The highest BCUT2D eigenvalue weighted by Crippen LogP contribution is 2.11. The fraction of sp³-hybridized carbons (Fsp3) is 0.300. The second kappa shape index (κ2) is 4.12. The first-order valence-corrected chi connectivity index (χ1v) is 4.09. The van der Waals surface area contributed by atoms with Crippen LogP contribution in [-0.4, -0.2) is 5.78 Å². The van der Waals surface area contributed by atoms with E-state index in [4.69, 9.17) is 0 Å². The number of rotatable bonds is 3. The summed E-state index contributed by atoms with van der Waals surface area (Å²) < 4.78 is 25.6. The molecule has 0 aliphatic rings. The number of hydrogen-bond donors (Lipinski definition) is 0. The van der Waals surface area contributed by atoms with Gasteiger partial charge in [-0.3, -0.25) is 4.79 Å². The molecule has 0 amide bonds. The molecule has 0 spiro atoms. The lowest BCUT2D eigenvalue weighted by Crippen LogP contribution is -2.02. The highest BCUT2D eigenvalue weighted by Gasteiger charge is 2.07. The van der Waals surface area contributed by atoms with Gasteiger partial charge >= 0.3 is 0 Å². The van der Waals surface area contributed by atoms with Crippen LogP contribution in [0.5, 0.6) is 0 Å². The average Bonchev–Trinajstić information content (AvgIpc) is 2.11. The van der Waals surface area contributed by atoms with Gasteiger partial charge < -0.3 is 0 Å². The van der Waals surface area contributed by atoms with Crippen LogP contribution in [0, 0.1) is 11.6 Å². The zero-order valence-corrected chi connectivity index (χ0v) is 7.31. The van der Waals surface area contributed by atoms with E-state index in [1.807, 2.05) is 0 Å². The minimum Gasteiger partial charge on any atom is -0.299 e. The summed E-state index contributed by atoms with van der Waals surface area (Å²) >= 11 is 0. The number of benzene rings is 1. The molecule has 1 aromatic carbocycles. The Hall–Kier alpha value is -1.25. The van der Waals surface area contributed by atoms with E-state index in [0.29, 0.717) is 6.42 Å². The lowest BCUT2D eigenvalue weighted by molar-refractivity contribution is -0.118. The molecule has 0 unspecified atom stereocenters. The molecule has 0 atom stereocenters. The number of carbonyl (C=O) groups is 1. The summed E-state index contributed by atoms with van der Waals surface area (Å²) in [7, 11) is 0. The number of carbonyl (C=O) groups excluding carboxylic acids is 1. The minimum atomic E-state index is -0.525. The quantitative estimate of drug-likeness (QED) is 0.705. The van der Waals surface area contributed by atoms with E-state index in [0.717, 1.165) is 18.2 Å². The Bertz CT molecular complexity index is 321. The Morgan fingerprint density at radius 2 is 2.08 bits per heavy atom. The van der Waals surface area contributed by atoms with Gasteiger partial charge in [-0.2, -0.15) is 0 Å². The molecule has 0 fully saturated rings. The van der Waals surface area contributed by atoms with E-state index >= 15 is 0 Å². The summed E-state index contributed by atoms with van der Waals surface area (Å²) in [6, 6.07) is 3.13. The topological polar surface area (TPSA) is 17.1 Å². The fourth-order valence-corrected chi connectivity index (χ4v) is 1.02. The van der Waals surface area contributed by atoms with Gasteiger partial charge in [-0.05, 0) is 23.8 Å². The van der Waals surface area contributed by atoms with Gasteiger partial charge in [0.15, 0.2) is 0 Å². The van der Waals surface area contributed by atoms with E-state index in [-0.39, 0.29) is 17.8 Å². The maximum absolute atomic E-state index is 12.9. The third-order valence-corrected chi connectivity index (χ3v) is 1.79. The second-order valence-electron chi connectivity index (χ2n) is 2.80. The average molecular weight is 184 g/mol. The molecule has 1 aromatic rings. The van der Waals surface area contributed by atoms with Gasteiger partial charge in [0.25, 0.3) is 0 Å². The van der Waals surface area contributed by atoms with Gasteiger partial charge in [0.05, 0.1) is 0 Å². The van der Waals surface area contributed by atoms with Crippen LogP contribution < -0.4 is 0 Å². The maximum atomic E-state index is 12.9. The molecule has 0 heterocycles. The van der Waals surface area contributed by atoms with Crippen LogP contribution >= 0.6 is 0 Å². The summed E-state index contributed by atoms with van der Waals surface area (Å²) in [5.41, 5.74) is 0.131. The van der Waals surface area contributed by atoms with Crippen molar-refractivity contribution in [2.45, 2.75) is 19.8 Å². The largest absolute Gasteiger partial charge is 0.299 e. The molecule has 0 saturated carbocycles. The van der Waals surface area contributed by atoms with Crippen molar-refractivity contribution in [2.75, 3.05) is 0 Å².